The maximum Gasteiger partial charge on any atom is 0.108 e. The number of aromatic nitrogens is 2. The van der Waals surface area contributed by atoms with Crippen LogP contribution in [0.1, 0.15) is 50.3 Å². The Bertz CT molecular complexity index is 547. The summed E-state index contributed by atoms with van der Waals surface area (Å²) >= 11 is 6.36. The average Bonchev–Trinajstić information content (AvgIpc) is 3.07. The molecule has 0 aromatic carbocycles. The Hall–Kier alpha value is -1.26. The second kappa shape index (κ2) is 6.95. The van der Waals surface area contributed by atoms with Gasteiger partial charge >= 0.3 is 0 Å². The van der Waals surface area contributed by atoms with E-state index in [0.717, 1.165) is 42.9 Å². The molecule has 0 amide bonds. The van der Waals surface area contributed by atoms with Gasteiger partial charge in [0.1, 0.15) is 5.76 Å². The number of halogens is 1. The fourth-order valence-corrected chi connectivity index (χ4v) is 2.70. The first-order chi connectivity index (χ1) is 9.72. The van der Waals surface area contributed by atoms with E-state index in [1.54, 1.807) is 12.5 Å². The van der Waals surface area contributed by atoms with Crippen molar-refractivity contribution in [3.63, 3.8) is 0 Å². The number of rotatable bonds is 7. The molecule has 20 heavy (non-hydrogen) atoms. The second-order valence-electron chi connectivity index (χ2n) is 4.73. The molecule has 0 aliphatic carbocycles. The summed E-state index contributed by atoms with van der Waals surface area (Å²) in [6, 6.07) is 2.05. The molecule has 2 heterocycles. The van der Waals surface area contributed by atoms with Gasteiger partial charge in [0.2, 0.25) is 0 Å². The highest BCUT2D eigenvalue weighted by molar-refractivity contribution is 6.31. The minimum Gasteiger partial charge on any atom is -0.469 e. The lowest BCUT2D eigenvalue weighted by Crippen LogP contribution is -2.26. The van der Waals surface area contributed by atoms with Crippen LogP contribution in [0.2, 0.25) is 5.02 Å². The number of hydrogen-bond donors (Lipinski definition) is 1. The zero-order chi connectivity index (χ0) is 14.5. The molecule has 1 atom stereocenters. The molecule has 0 bridgehead atoms. The minimum atomic E-state index is 0.0265. The van der Waals surface area contributed by atoms with E-state index in [0.29, 0.717) is 5.02 Å². The fraction of sp³-hybridized carbons (Fsp3) is 0.533. The molecule has 0 saturated heterocycles. The van der Waals surface area contributed by atoms with Crippen LogP contribution < -0.4 is 5.32 Å². The number of nitrogens with one attached hydrogen (secondary N) is 1. The zero-order valence-electron chi connectivity index (χ0n) is 12.3. The Labute approximate surface area is 125 Å². The van der Waals surface area contributed by atoms with E-state index in [4.69, 9.17) is 16.0 Å². The molecule has 0 aliphatic rings. The normalized spacial score (nSPS) is 12.8. The van der Waals surface area contributed by atoms with Crippen LogP contribution in [-0.4, -0.2) is 16.3 Å². The monoisotopic (exact) mass is 295 g/mol. The lowest BCUT2D eigenvalue weighted by Gasteiger charge is -2.20. The highest BCUT2D eigenvalue weighted by Gasteiger charge is 2.24. The van der Waals surface area contributed by atoms with E-state index in [9.17, 15) is 0 Å². The second-order valence-corrected chi connectivity index (χ2v) is 5.14. The van der Waals surface area contributed by atoms with Crippen molar-refractivity contribution < 1.29 is 4.42 Å². The van der Waals surface area contributed by atoms with Gasteiger partial charge in [0.05, 0.1) is 29.2 Å². The van der Waals surface area contributed by atoms with Crippen molar-refractivity contribution in [3.05, 3.63) is 40.6 Å². The molecule has 110 valence electrons. The van der Waals surface area contributed by atoms with Gasteiger partial charge in [-0.25, -0.2) is 0 Å². The van der Waals surface area contributed by atoms with Crippen molar-refractivity contribution in [1.82, 2.24) is 15.1 Å². The van der Waals surface area contributed by atoms with E-state index in [2.05, 4.69) is 31.2 Å². The molecular weight excluding hydrogens is 274 g/mol. The van der Waals surface area contributed by atoms with E-state index in [1.165, 1.54) is 0 Å². The molecule has 2 aromatic rings. The summed E-state index contributed by atoms with van der Waals surface area (Å²) in [6.07, 6.45) is 5.39. The van der Waals surface area contributed by atoms with Crippen molar-refractivity contribution in [1.29, 1.82) is 0 Å². The molecule has 0 radical (unpaired) electrons. The number of aryl methyl sites for hydroxylation is 2. The van der Waals surface area contributed by atoms with Gasteiger partial charge in [-0.3, -0.25) is 4.68 Å². The average molecular weight is 296 g/mol. The Morgan fingerprint density at radius 2 is 2.20 bits per heavy atom. The summed E-state index contributed by atoms with van der Waals surface area (Å²) in [5.74, 6) is 0.999. The molecule has 1 N–H and O–H groups in total. The Kier molecular flexibility index (Phi) is 5.26. The molecule has 5 heteroatoms. The molecule has 0 aliphatic heterocycles. The zero-order valence-corrected chi connectivity index (χ0v) is 13.1. The molecule has 2 aromatic heterocycles. The van der Waals surface area contributed by atoms with Gasteiger partial charge in [0.15, 0.2) is 0 Å². The van der Waals surface area contributed by atoms with Gasteiger partial charge in [-0.1, -0.05) is 25.4 Å². The lowest BCUT2D eigenvalue weighted by atomic mass is 10.0. The Balaban J connectivity index is 2.44. The summed E-state index contributed by atoms with van der Waals surface area (Å²) in [6.45, 7) is 8.03. The standard InChI is InChI=1S/C15H22ClN3O/c1-4-8-17-14(11-7-9-20-13(11)5-2)15-12(16)10-18-19(15)6-3/h7,9-10,14,17H,4-6,8H2,1-3H3. The first-order valence-corrected chi connectivity index (χ1v) is 7.61. The largest absolute Gasteiger partial charge is 0.469 e. The van der Waals surface area contributed by atoms with Crippen molar-refractivity contribution in [3.8, 4) is 0 Å². The summed E-state index contributed by atoms with van der Waals surface area (Å²) in [5, 5.41) is 8.60. The number of furan rings is 1. The van der Waals surface area contributed by atoms with Crippen molar-refractivity contribution in [2.45, 2.75) is 46.2 Å². The predicted molar refractivity (Wildman–Crippen MR) is 81.1 cm³/mol. The van der Waals surface area contributed by atoms with Crippen LogP contribution in [0, 0.1) is 0 Å². The highest BCUT2D eigenvalue weighted by atomic mass is 35.5. The minimum absolute atomic E-state index is 0.0265. The Morgan fingerprint density at radius 3 is 2.85 bits per heavy atom. The van der Waals surface area contributed by atoms with Crippen LogP contribution in [-0.2, 0) is 13.0 Å². The summed E-state index contributed by atoms with van der Waals surface area (Å²) < 4.78 is 7.52. The summed E-state index contributed by atoms with van der Waals surface area (Å²) in [5.41, 5.74) is 2.16. The molecule has 0 saturated carbocycles. The van der Waals surface area contributed by atoms with Crippen LogP contribution >= 0.6 is 11.6 Å². The van der Waals surface area contributed by atoms with Crippen LogP contribution in [0.15, 0.2) is 22.9 Å². The third-order valence-corrected chi connectivity index (χ3v) is 3.71. The van der Waals surface area contributed by atoms with Gasteiger partial charge in [0, 0.05) is 18.5 Å². The van der Waals surface area contributed by atoms with Crippen LogP contribution in [0.3, 0.4) is 0 Å². The maximum absolute atomic E-state index is 6.36. The first kappa shape index (κ1) is 15.1. The van der Waals surface area contributed by atoms with E-state index < -0.39 is 0 Å². The van der Waals surface area contributed by atoms with E-state index in [1.807, 2.05) is 10.7 Å². The Morgan fingerprint density at radius 1 is 1.40 bits per heavy atom. The van der Waals surface area contributed by atoms with Gasteiger partial charge in [-0.15, -0.1) is 0 Å². The predicted octanol–water partition coefficient (Wildman–Crippen LogP) is 3.80. The van der Waals surface area contributed by atoms with Crippen molar-refractivity contribution in [2.24, 2.45) is 0 Å². The molecule has 1 unspecified atom stereocenters. The summed E-state index contributed by atoms with van der Waals surface area (Å²) in [7, 11) is 0. The van der Waals surface area contributed by atoms with Gasteiger partial charge in [0.25, 0.3) is 0 Å². The molecule has 0 fully saturated rings. The SMILES string of the molecule is CCCNC(c1ccoc1CC)c1c(Cl)cnn1CC. The van der Waals surface area contributed by atoms with Crippen LogP contribution in [0.5, 0.6) is 0 Å². The number of hydrogen-bond acceptors (Lipinski definition) is 3. The van der Waals surface area contributed by atoms with Crippen LogP contribution in [0.25, 0.3) is 0 Å². The van der Waals surface area contributed by atoms with E-state index in [-0.39, 0.29) is 6.04 Å². The molecule has 4 nitrogen and oxygen atoms in total. The topological polar surface area (TPSA) is 43.0 Å². The van der Waals surface area contributed by atoms with E-state index >= 15 is 0 Å². The van der Waals surface area contributed by atoms with Crippen LogP contribution in [0.4, 0.5) is 0 Å². The molecule has 2 rings (SSSR count). The highest BCUT2D eigenvalue weighted by Crippen LogP contribution is 2.31. The third-order valence-electron chi connectivity index (χ3n) is 3.42. The lowest BCUT2D eigenvalue weighted by molar-refractivity contribution is 0.488. The summed E-state index contributed by atoms with van der Waals surface area (Å²) in [4.78, 5) is 0. The molecular formula is C15H22ClN3O. The molecule has 0 spiro atoms. The third kappa shape index (κ3) is 2.91. The number of nitrogens with zero attached hydrogens (tertiary/aromatic N) is 2. The maximum atomic E-state index is 6.36. The van der Waals surface area contributed by atoms with Crippen molar-refractivity contribution in [2.75, 3.05) is 6.54 Å². The fourth-order valence-electron chi connectivity index (χ4n) is 2.45. The smallest absolute Gasteiger partial charge is 0.108 e. The van der Waals surface area contributed by atoms with Gasteiger partial charge in [-0.2, -0.15) is 5.10 Å². The quantitative estimate of drug-likeness (QED) is 0.845. The first-order valence-electron chi connectivity index (χ1n) is 7.23. The van der Waals surface area contributed by atoms with Crippen molar-refractivity contribution >= 4 is 11.6 Å². The van der Waals surface area contributed by atoms with Gasteiger partial charge in [-0.05, 0) is 26.0 Å². The van der Waals surface area contributed by atoms with Gasteiger partial charge < -0.3 is 9.73 Å².